The molecule has 1 atom stereocenters. The summed E-state index contributed by atoms with van der Waals surface area (Å²) in [6.45, 7) is 6.51. The van der Waals surface area contributed by atoms with Gasteiger partial charge in [-0.15, -0.1) is 0 Å². The zero-order valence-corrected chi connectivity index (χ0v) is 23.2. The maximum Gasteiger partial charge on any atom is 0.416 e. The molecule has 0 spiro atoms. The smallest absolute Gasteiger partial charge is 0.416 e. The highest BCUT2D eigenvalue weighted by Crippen LogP contribution is 2.36. The average molecular weight is 564 g/mol. The second-order valence-electron chi connectivity index (χ2n) is 10.2. The van der Waals surface area contributed by atoms with Crippen LogP contribution in [-0.4, -0.2) is 53.6 Å². The number of nitrogens with one attached hydrogen (secondary N) is 2. The maximum absolute atomic E-state index is 13.6. The Morgan fingerprint density at radius 3 is 2.71 bits per heavy atom. The quantitative estimate of drug-likeness (QED) is 0.258. The van der Waals surface area contributed by atoms with E-state index in [1.54, 1.807) is 25.4 Å². The number of fused-ring (bicyclic) bond motifs is 1. The van der Waals surface area contributed by atoms with Crippen molar-refractivity contribution in [2.75, 3.05) is 37.3 Å². The van der Waals surface area contributed by atoms with Gasteiger partial charge in [-0.3, -0.25) is 9.69 Å². The molecule has 1 amide bonds. The average Bonchev–Trinajstić information content (AvgIpc) is 2.97. The molecule has 4 aromatic rings. The standard InChI is InChI=1S/C31H32F3N5O2/c1-4-39-13-5-6-24(18-39)41-28-12-10-23(31(32,33)34)16-27(28)37-29(40)21-8-7-19(2)25(15-21)20-9-11-26-22(14-20)17-36-30(35-3)38-26/h7-12,14-17,24H,4-6,13,18H2,1-3H3,(H,37,40)(H,35,36,38)/t24-/m0/s1. The molecule has 0 aliphatic carbocycles. The van der Waals surface area contributed by atoms with Gasteiger partial charge in [-0.05, 0) is 92.0 Å². The molecule has 0 bridgehead atoms. The van der Waals surface area contributed by atoms with E-state index in [0.717, 1.165) is 65.7 Å². The number of halogens is 3. The van der Waals surface area contributed by atoms with Crippen LogP contribution in [0.1, 0.15) is 41.3 Å². The second-order valence-corrected chi connectivity index (χ2v) is 10.2. The zero-order valence-electron chi connectivity index (χ0n) is 23.2. The van der Waals surface area contributed by atoms with Crippen molar-refractivity contribution in [1.82, 2.24) is 14.9 Å². The van der Waals surface area contributed by atoms with Crippen molar-refractivity contribution in [3.8, 4) is 16.9 Å². The fourth-order valence-electron chi connectivity index (χ4n) is 5.07. The number of likely N-dealkylation sites (tertiary alicyclic amines) is 1. The van der Waals surface area contributed by atoms with Gasteiger partial charge in [0.15, 0.2) is 0 Å². The molecule has 0 radical (unpaired) electrons. The van der Waals surface area contributed by atoms with E-state index in [1.165, 1.54) is 6.07 Å². The molecule has 1 aromatic heterocycles. The SMILES string of the molecule is CCN1CCC[C@H](Oc2ccc(C(F)(F)F)cc2NC(=O)c2ccc(C)c(-c3ccc4nc(NC)ncc4c3)c2)C1. The molecule has 1 aliphatic rings. The molecule has 7 nitrogen and oxygen atoms in total. The molecule has 5 rings (SSSR count). The molecular weight excluding hydrogens is 531 g/mol. The number of rotatable bonds is 7. The Labute approximate surface area is 236 Å². The molecule has 41 heavy (non-hydrogen) atoms. The molecule has 0 saturated carbocycles. The van der Waals surface area contributed by atoms with Gasteiger partial charge >= 0.3 is 6.18 Å². The topological polar surface area (TPSA) is 79.4 Å². The number of piperidine rings is 1. The minimum absolute atomic E-state index is 0.0104. The van der Waals surface area contributed by atoms with E-state index < -0.39 is 17.6 Å². The third-order valence-electron chi connectivity index (χ3n) is 7.37. The summed E-state index contributed by atoms with van der Waals surface area (Å²) < 4.78 is 46.9. The van der Waals surface area contributed by atoms with E-state index in [1.807, 2.05) is 31.2 Å². The Morgan fingerprint density at radius 1 is 1.12 bits per heavy atom. The Bertz CT molecular complexity index is 1570. The number of benzene rings is 3. The zero-order chi connectivity index (χ0) is 29.1. The first-order valence-corrected chi connectivity index (χ1v) is 13.6. The van der Waals surface area contributed by atoms with E-state index >= 15 is 0 Å². The number of aryl methyl sites for hydroxylation is 1. The van der Waals surface area contributed by atoms with E-state index in [9.17, 15) is 18.0 Å². The second kappa shape index (κ2) is 11.7. The first-order chi connectivity index (χ1) is 19.6. The molecule has 2 heterocycles. The number of likely N-dealkylation sites (N-methyl/N-ethyl adjacent to an activating group) is 1. The highest BCUT2D eigenvalue weighted by molar-refractivity contribution is 6.06. The summed E-state index contributed by atoms with van der Waals surface area (Å²) in [6.07, 6.45) is -1.29. The van der Waals surface area contributed by atoms with Crippen molar-refractivity contribution in [2.24, 2.45) is 0 Å². The third-order valence-corrected chi connectivity index (χ3v) is 7.37. The van der Waals surface area contributed by atoms with Gasteiger partial charge < -0.3 is 15.4 Å². The summed E-state index contributed by atoms with van der Waals surface area (Å²) in [5.74, 6) is 0.207. The van der Waals surface area contributed by atoms with Crippen LogP contribution in [0.15, 0.2) is 60.8 Å². The summed E-state index contributed by atoms with van der Waals surface area (Å²) in [4.78, 5) is 24.4. The summed E-state index contributed by atoms with van der Waals surface area (Å²) in [5.41, 5.74) is 2.84. The van der Waals surface area contributed by atoms with Crippen LogP contribution in [0, 0.1) is 6.92 Å². The Balaban J connectivity index is 1.44. The predicted octanol–water partition coefficient (Wildman–Crippen LogP) is 6.78. The Hall–Kier alpha value is -4.18. The normalized spacial score (nSPS) is 16.0. The lowest BCUT2D eigenvalue weighted by molar-refractivity contribution is -0.137. The minimum atomic E-state index is -4.56. The molecule has 1 saturated heterocycles. The van der Waals surface area contributed by atoms with Gasteiger partial charge in [-0.2, -0.15) is 13.2 Å². The van der Waals surface area contributed by atoms with Crippen molar-refractivity contribution < 1.29 is 22.7 Å². The Kier molecular flexibility index (Phi) is 8.12. The summed E-state index contributed by atoms with van der Waals surface area (Å²) >= 11 is 0. The van der Waals surface area contributed by atoms with Gasteiger partial charge in [0.05, 0.1) is 16.8 Å². The van der Waals surface area contributed by atoms with Gasteiger partial charge in [0.25, 0.3) is 5.91 Å². The number of alkyl halides is 3. The fourth-order valence-corrected chi connectivity index (χ4v) is 5.07. The van der Waals surface area contributed by atoms with Crippen LogP contribution in [0.25, 0.3) is 22.0 Å². The predicted molar refractivity (Wildman–Crippen MR) is 154 cm³/mol. The van der Waals surface area contributed by atoms with Crippen LogP contribution in [-0.2, 0) is 6.18 Å². The minimum Gasteiger partial charge on any atom is -0.487 e. The van der Waals surface area contributed by atoms with Crippen LogP contribution in [0.5, 0.6) is 5.75 Å². The van der Waals surface area contributed by atoms with Crippen LogP contribution in [0.3, 0.4) is 0 Å². The van der Waals surface area contributed by atoms with Crippen molar-refractivity contribution in [3.05, 3.63) is 77.5 Å². The van der Waals surface area contributed by atoms with Crippen molar-refractivity contribution >= 4 is 28.4 Å². The monoisotopic (exact) mass is 563 g/mol. The van der Waals surface area contributed by atoms with Crippen molar-refractivity contribution in [2.45, 2.75) is 39.0 Å². The Morgan fingerprint density at radius 2 is 1.95 bits per heavy atom. The molecule has 2 N–H and O–H groups in total. The van der Waals surface area contributed by atoms with Gasteiger partial charge in [0.1, 0.15) is 11.9 Å². The highest BCUT2D eigenvalue weighted by Gasteiger charge is 2.32. The first-order valence-electron chi connectivity index (χ1n) is 13.6. The molecular formula is C31H32F3N5O2. The number of carbonyl (C=O) groups is 1. The first kappa shape index (κ1) is 28.4. The summed E-state index contributed by atoms with van der Waals surface area (Å²) in [5, 5.41) is 6.45. The van der Waals surface area contributed by atoms with Crippen LogP contribution >= 0.6 is 0 Å². The summed E-state index contributed by atoms with van der Waals surface area (Å²) in [7, 11) is 1.75. The largest absolute Gasteiger partial charge is 0.487 e. The van der Waals surface area contributed by atoms with Gasteiger partial charge in [0.2, 0.25) is 5.95 Å². The van der Waals surface area contributed by atoms with Crippen molar-refractivity contribution in [3.63, 3.8) is 0 Å². The molecule has 10 heteroatoms. The number of anilines is 2. The summed E-state index contributed by atoms with van der Waals surface area (Å²) in [6, 6.07) is 14.2. The highest BCUT2D eigenvalue weighted by atomic mass is 19.4. The lowest BCUT2D eigenvalue weighted by Gasteiger charge is -2.32. The fraction of sp³-hybridized carbons (Fsp3) is 0.323. The number of aromatic nitrogens is 2. The third kappa shape index (κ3) is 6.43. The van der Waals surface area contributed by atoms with E-state index in [2.05, 4.69) is 32.4 Å². The number of nitrogens with zero attached hydrogens (tertiary/aromatic N) is 3. The molecule has 1 aliphatic heterocycles. The number of amides is 1. The van der Waals surface area contributed by atoms with Crippen LogP contribution in [0.4, 0.5) is 24.8 Å². The molecule has 1 fully saturated rings. The van der Waals surface area contributed by atoms with Gasteiger partial charge in [-0.1, -0.05) is 19.1 Å². The lowest BCUT2D eigenvalue weighted by atomic mass is 9.97. The van der Waals surface area contributed by atoms with Gasteiger partial charge in [-0.25, -0.2) is 9.97 Å². The number of carbonyl (C=O) groups excluding carboxylic acids is 1. The molecule has 214 valence electrons. The molecule has 3 aromatic carbocycles. The van der Waals surface area contributed by atoms with Crippen molar-refractivity contribution in [1.29, 1.82) is 0 Å². The van der Waals surface area contributed by atoms with E-state index in [-0.39, 0.29) is 17.5 Å². The maximum atomic E-state index is 13.6. The van der Waals surface area contributed by atoms with Gasteiger partial charge in [0, 0.05) is 30.7 Å². The number of hydrogen-bond acceptors (Lipinski definition) is 6. The molecule has 0 unspecified atom stereocenters. The number of hydrogen-bond donors (Lipinski definition) is 2. The lowest BCUT2D eigenvalue weighted by Crippen LogP contribution is -2.40. The van der Waals surface area contributed by atoms with E-state index in [0.29, 0.717) is 18.1 Å². The number of ether oxygens (including phenoxy) is 1. The van der Waals surface area contributed by atoms with Crippen LogP contribution < -0.4 is 15.4 Å². The van der Waals surface area contributed by atoms with Crippen LogP contribution in [0.2, 0.25) is 0 Å². The van der Waals surface area contributed by atoms with E-state index in [4.69, 9.17) is 4.74 Å².